The fourth-order valence-corrected chi connectivity index (χ4v) is 1.63. The second-order valence-corrected chi connectivity index (χ2v) is 4.06. The first-order valence-corrected chi connectivity index (χ1v) is 6.17. The molecule has 0 aliphatic heterocycles. The van der Waals surface area contributed by atoms with Crippen LogP contribution in [0.3, 0.4) is 0 Å². The quantitative estimate of drug-likeness (QED) is 0.874. The summed E-state index contributed by atoms with van der Waals surface area (Å²) in [7, 11) is 1.97. The highest BCUT2D eigenvalue weighted by atomic mass is 15.2. The highest BCUT2D eigenvalue weighted by molar-refractivity contribution is 5.57. The van der Waals surface area contributed by atoms with Crippen molar-refractivity contribution in [3.8, 4) is 0 Å². The lowest BCUT2D eigenvalue weighted by Gasteiger charge is -2.17. The SMILES string of the molecule is CCCNc1ccnc(N(C)c2ccccc2)n1. The average molecular weight is 242 g/mol. The highest BCUT2D eigenvalue weighted by Gasteiger charge is 2.06. The third kappa shape index (κ3) is 2.97. The normalized spacial score (nSPS) is 10.1. The molecule has 0 saturated heterocycles. The number of aromatic nitrogens is 2. The first kappa shape index (κ1) is 12.4. The maximum atomic E-state index is 4.49. The van der Waals surface area contributed by atoms with E-state index >= 15 is 0 Å². The van der Waals surface area contributed by atoms with Gasteiger partial charge in [0.05, 0.1) is 0 Å². The Bertz CT molecular complexity index is 484. The Morgan fingerprint density at radius 3 is 2.67 bits per heavy atom. The van der Waals surface area contributed by atoms with Crippen LogP contribution in [0.4, 0.5) is 17.5 Å². The van der Waals surface area contributed by atoms with E-state index in [9.17, 15) is 0 Å². The van der Waals surface area contributed by atoms with E-state index in [4.69, 9.17) is 0 Å². The van der Waals surface area contributed by atoms with Gasteiger partial charge in [0.25, 0.3) is 0 Å². The van der Waals surface area contributed by atoms with Crippen LogP contribution < -0.4 is 10.2 Å². The summed E-state index contributed by atoms with van der Waals surface area (Å²) in [6, 6.07) is 12.0. The fourth-order valence-electron chi connectivity index (χ4n) is 1.63. The third-order valence-corrected chi connectivity index (χ3v) is 2.64. The summed E-state index contributed by atoms with van der Waals surface area (Å²) < 4.78 is 0. The van der Waals surface area contributed by atoms with Crippen molar-refractivity contribution in [2.75, 3.05) is 23.8 Å². The second-order valence-electron chi connectivity index (χ2n) is 4.06. The molecule has 0 atom stereocenters. The van der Waals surface area contributed by atoms with E-state index < -0.39 is 0 Å². The largest absolute Gasteiger partial charge is 0.370 e. The summed E-state index contributed by atoms with van der Waals surface area (Å²) in [5, 5.41) is 3.26. The number of hydrogen-bond acceptors (Lipinski definition) is 4. The molecule has 0 bridgehead atoms. The van der Waals surface area contributed by atoms with Crippen LogP contribution in [0.1, 0.15) is 13.3 Å². The molecule has 0 spiro atoms. The van der Waals surface area contributed by atoms with Gasteiger partial charge in [-0.3, -0.25) is 0 Å². The smallest absolute Gasteiger partial charge is 0.231 e. The first-order chi connectivity index (χ1) is 8.81. The number of para-hydroxylation sites is 1. The molecule has 4 heteroatoms. The minimum Gasteiger partial charge on any atom is -0.370 e. The van der Waals surface area contributed by atoms with Crippen LogP contribution in [0.15, 0.2) is 42.6 Å². The Morgan fingerprint density at radius 1 is 1.17 bits per heavy atom. The summed E-state index contributed by atoms with van der Waals surface area (Å²) in [4.78, 5) is 10.8. The number of hydrogen-bond donors (Lipinski definition) is 1. The maximum Gasteiger partial charge on any atom is 0.231 e. The molecule has 1 aromatic carbocycles. The number of rotatable bonds is 5. The molecule has 0 aliphatic carbocycles. The minimum atomic E-state index is 0.697. The number of nitrogens with zero attached hydrogens (tertiary/aromatic N) is 3. The Hall–Kier alpha value is -2.10. The minimum absolute atomic E-state index is 0.697. The molecule has 0 fully saturated rings. The average Bonchev–Trinajstić information content (AvgIpc) is 2.45. The lowest BCUT2D eigenvalue weighted by Crippen LogP contribution is -2.14. The molecule has 0 amide bonds. The Balaban J connectivity index is 2.17. The van der Waals surface area contributed by atoms with E-state index in [2.05, 4.69) is 22.2 Å². The molecule has 2 rings (SSSR count). The lowest BCUT2D eigenvalue weighted by atomic mass is 10.3. The summed E-state index contributed by atoms with van der Waals surface area (Å²) in [5.41, 5.74) is 1.07. The number of anilines is 3. The summed E-state index contributed by atoms with van der Waals surface area (Å²) in [5.74, 6) is 1.56. The summed E-state index contributed by atoms with van der Waals surface area (Å²) in [6.45, 7) is 3.05. The van der Waals surface area contributed by atoms with Gasteiger partial charge in [-0.2, -0.15) is 4.98 Å². The van der Waals surface area contributed by atoms with Crippen molar-refractivity contribution in [3.63, 3.8) is 0 Å². The Kier molecular flexibility index (Phi) is 4.12. The standard InChI is InChI=1S/C14H18N4/c1-3-10-15-13-9-11-16-14(17-13)18(2)12-7-5-4-6-8-12/h4-9,11H,3,10H2,1-2H3,(H,15,16,17). The summed E-state index contributed by atoms with van der Waals surface area (Å²) in [6.07, 6.45) is 2.85. The predicted octanol–water partition coefficient (Wildman–Crippen LogP) is 3.07. The zero-order chi connectivity index (χ0) is 12.8. The van der Waals surface area contributed by atoms with Gasteiger partial charge in [-0.1, -0.05) is 25.1 Å². The highest BCUT2D eigenvalue weighted by Crippen LogP contribution is 2.19. The first-order valence-electron chi connectivity index (χ1n) is 6.17. The van der Waals surface area contributed by atoms with E-state index in [1.54, 1.807) is 6.20 Å². The van der Waals surface area contributed by atoms with Crippen molar-refractivity contribution >= 4 is 17.5 Å². The molecular formula is C14H18N4. The van der Waals surface area contributed by atoms with Gasteiger partial charge in [0.1, 0.15) is 5.82 Å². The topological polar surface area (TPSA) is 41.1 Å². The van der Waals surface area contributed by atoms with Gasteiger partial charge < -0.3 is 10.2 Å². The van der Waals surface area contributed by atoms with Crippen molar-refractivity contribution < 1.29 is 0 Å². The van der Waals surface area contributed by atoms with Gasteiger partial charge in [0.2, 0.25) is 5.95 Å². The summed E-state index contributed by atoms with van der Waals surface area (Å²) >= 11 is 0. The van der Waals surface area contributed by atoms with E-state index in [-0.39, 0.29) is 0 Å². The number of nitrogens with one attached hydrogen (secondary N) is 1. The van der Waals surface area contributed by atoms with Gasteiger partial charge in [-0.15, -0.1) is 0 Å². The van der Waals surface area contributed by atoms with Crippen LogP contribution in [-0.4, -0.2) is 23.6 Å². The van der Waals surface area contributed by atoms with Crippen LogP contribution in [0.2, 0.25) is 0 Å². The van der Waals surface area contributed by atoms with Crippen LogP contribution >= 0.6 is 0 Å². The molecule has 2 aromatic rings. The molecule has 1 aromatic heterocycles. The van der Waals surface area contributed by atoms with Crippen molar-refractivity contribution in [2.45, 2.75) is 13.3 Å². The van der Waals surface area contributed by atoms with Crippen LogP contribution in [0, 0.1) is 0 Å². The van der Waals surface area contributed by atoms with Gasteiger partial charge in [-0.25, -0.2) is 4.98 Å². The predicted molar refractivity (Wildman–Crippen MR) is 75.3 cm³/mol. The van der Waals surface area contributed by atoms with Crippen molar-refractivity contribution in [1.29, 1.82) is 0 Å². The third-order valence-electron chi connectivity index (χ3n) is 2.64. The molecule has 94 valence electrons. The van der Waals surface area contributed by atoms with E-state index in [1.165, 1.54) is 0 Å². The van der Waals surface area contributed by atoms with Crippen molar-refractivity contribution in [2.24, 2.45) is 0 Å². The maximum absolute atomic E-state index is 4.49. The molecule has 1 heterocycles. The van der Waals surface area contributed by atoms with Crippen LogP contribution in [-0.2, 0) is 0 Å². The fraction of sp³-hybridized carbons (Fsp3) is 0.286. The van der Waals surface area contributed by atoms with Crippen LogP contribution in [0.25, 0.3) is 0 Å². The van der Waals surface area contributed by atoms with Crippen molar-refractivity contribution in [3.05, 3.63) is 42.6 Å². The van der Waals surface area contributed by atoms with Gasteiger partial charge in [0.15, 0.2) is 0 Å². The monoisotopic (exact) mass is 242 g/mol. The molecular weight excluding hydrogens is 224 g/mol. The lowest BCUT2D eigenvalue weighted by molar-refractivity contribution is 0.958. The Morgan fingerprint density at radius 2 is 1.94 bits per heavy atom. The van der Waals surface area contributed by atoms with E-state index in [0.29, 0.717) is 5.95 Å². The molecule has 0 saturated carbocycles. The van der Waals surface area contributed by atoms with E-state index in [0.717, 1.165) is 24.5 Å². The van der Waals surface area contributed by atoms with Crippen LogP contribution in [0.5, 0.6) is 0 Å². The zero-order valence-electron chi connectivity index (χ0n) is 10.8. The molecule has 0 unspecified atom stereocenters. The van der Waals surface area contributed by atoms with Gasteiger partial charge >= 0.3 is 0 Å². The van der Waals surface area contributed by atoms with Crippen molar-refractivity contribution in [1.82, 2.24) is 9.97 Å². The second kappa shape index (κ2) is 6.00. The zero-order valence-corrected chi connectivity index (χ0v) is 10.8. The molecule has 4 nitrogen and oxygen atoms in total. The number of benzene rings is 1. The van der Waals surface area contributed by atoms with Gasteiger partial charge in [0, 0.05) is 25.5 Å². The Labute approximate surface area is 108 Å². The molecule has 0 aliphatic rings. The van der Waals surface area contributed by atoms with E-state index in [1.807, 2.05) is 48.3 Å². The van der Waals surface area contributed by atoms with Gasteiger partial charge in [-0.05, 0) is 24.6 Å². The molecule has 1 N–H and O–H groups in total. The molecule has 0 radical (unpaired) electrons. The molecule has 18 heavy (non-hydrogen) atoms.